The zero-order chi connectivity index (χ0) is 10.1. The molecule has 0 aromatic carbocycles. The maximum Gasteiger partial charge on any atom is 0.325 e. The predicted molar refractivity (Wildman–Crippen MR) is 53.0 cm³/mol. The van der Waals surface area contributed by atoms with Crippen LogP contribution in [0.1, 0.15) is 17.8 Å². The first-order valence-corrected chi connectivity index (χ1v) is 5.27. The quantitative estimate of drug-likeness (QED) is 0.749. The summed E-state index contributed by atoms with van der Waals surface area (Å²) in [5, 5.41) is 4.55. The SMILES string of the molecule is CCN1C(=O)NC(c2cccs2)C1=O. The molecule has 0 saturated carbocycles. The van der Waals surface area contributed by atoms with E-state index >= 15 is 0 Å². The van der Waals surface area contributed by atoms with Crippen molar-refractivity contribution in [3.63, 3.8) is 0 Å². The van der Waals surface area contributed by atoms with Gasteiger partial charge in [0.25, 0.3) is 5.91 Å². The summed E-state index contributed by atoms with van der Waals surface area (Å²) in [4.78, 5) is 25.1. The second-order valence-electron chi connectivity index (χ2n) is 2.98. The summed E-state index contributed by atoms with van der Waals surface area (Å²) >= 11 is 1.48. The van der Waals surface area contributed by atoms with Crippen molar-refractivity contribution in [1.29, 1.82) is 0 Å². The average Bonchev–Trinajstić information content (AvgIpc) is 2.74. The van der Waals surface area contributed by atoms with Gasteiger partial charge in [-0.25, -0.2) is 4.79 Å². The smallest absolute Gasteiger partial charge is 0.321 e. The maximum atomic E-state index is 11.7. The molecule has 0 aliphatic carbocycles. The zero-order valence-electron chi connectivity index (χ0n) is 7.69. The lowest BCUT2D eigenvalue weighted by molar-refractivity contribution is -0.127. The summed E-state index contributed by atoms with van der Waals surface area (Å²) in [6.07, 6.45) is 0. The highest BCUT2D eigenvalue weighted by molar-refractivity contribution is 7.10. The molecule has 1 N–H and O–H groups in total. The van der Waals surface area contributed by atoms with Crippen LogP contribution in [0.2, 0.25) is 0 Å². The number of carbonyl (C=O) groups is 2. The van der Waals surface area contributed by atoms with Crippen molar-refractivity contribution in [2.75, 3.05) is 6.54 Å². The summed E-state index contributed by atoms with van der Waals surface area (Å²) in [5.41, 5.74) is 0. The largest absolute Gasteiger partial charge is 0.325 e. The van der Waals surface area contributed by atoms with E-state index in [2.05, 4.69) is 5.32 Å². The van der Waals surface area contributed by atoms with Crippen LogP contribution in [0.5, 0.6) is 0 Å². The summed E-state index contributed by atoms with van der Waals surface area (Å²) in [6, 6.07) is 2.96. The van der Waals surface area contributed by atoms with Crippen LogP contribution in [-0.2, 0) is 4.79 Å². The van der Waals surface area contributed by atoms with E-state index in [4.69, 9.17) is 0 Å². The second-order valence-corrected chi connectivity index (χ2v) is 3.96. The molecule has 14 heavy (non-hydrogen) atoms. The lowest BCUT2D eigenvalue weighted by Gasteiger charge is -2.08. The average molecular weight is 210 g/mol. The van der Waals surface area contributed by atoms with Gasteiger partial charge in [0.05, 0.1) is 0 Å². The number of carbonyl (C=O) groups excluding carboxylic acids is 2. The number of nitrogens with zero attached hydrogens (tertiary/aromatic N) is 1. The van der Waals surface area contributed by atoms with E-state index in [0.717, 1.165) is 4.88 Å². The maximum absolute atomic E-state index is 11.7. The molecule has 1 atom stereocenters. The van der Waals surface area contributed by atoms with Crippen molar-refractivity contribution in [1.82, 2.24) is 10.2 Å². The standard InChI is InChI=1S/C9H10N2O2S/c1-2-11-8(12)7(10-9(11)13)6-4-3-5-14-6/h3-5,7H,2H2,1H3,(H,10,13). The molecule has 2 heterocycles. The molecule has 2 rings (SSSR count). The first-order valence-electron chi connectivity index (χ1n) is 4.39. The Morgan fingerprint density at radius 2 is 2.36 bits per heavy atom. The highest BCUT2D eigenvalue weighted by atomic mass is 32.1. The highest BCUT2D eigenvalue weighted by Crippen LogP contribution is 2.25. The van der Waals surface area contributed by atoms with Gasteiger partial charge in [-0.1, -0.05) is 6.07 Å². The third-order valence-electron chi connectivity index (χ3n) is 2.17. The van der Waals surface area contributed by atoms with Gasteiger partial charge in [-0.3, -0.25) is 9.69 Å². The summed E-state index contributed by atoms with van der Waals surface area (Å²) < 4.78 is 0. The van der Waals surface area contributed by atoms with Gasteiger partial charge in [0.1, 0.15) is 6.04 Å². The Hall–Kier alpha value is -1.36. The van der Waals surface area contributed by atoms with Gasteiger partial charge in [-0.15, -0.1) is 11.3 Å². The van der Waals surface area contributed by atoms with Gasteiger partial charge in [-0.2, -0.15) is 0 Å². The minimum Gasteiger partial charge on any atom is -0.321 e. The molecule has 3 amide bonds. The lowest BCUT2D eigenvalue weighted by Crippen LogP contribution is -2.30. The van der Waals surface area contributed by atoms with Crippen molar-refractivity contribution in [2.24, 2.45) is 0 Å². The van der Waals surface area contributed by atoms with Crippen molar-refractivity contribution in [3.05, 3.63) is 22.4 Å². The molecule has 1 fully saturated rings. The fourth-order valence-corrected chi connectivity index (χ4v) is 2.23. The number of likely N-dealkylation sites (N-methyl/N-ethyl adjacent to an activating group) is 1. The first-order chi connectivity index (χ1) is 6.74. The van der Waals surface area contributed by atoms with E-state index < -0.39 is 6.04 Å². The van der Waals surface area contributed by atoms with Gasteiger partial charge in [0.2, 0.25) is 0 Å². The third kappa shape index (κ3) is 1.29. The second kappa shape index (κ2) is 3.42. The van der Waals surface area contributed by atoms with Crippen LogP contribution in [-0.4, -0.2) is 23.4 Å². The molecule has 0 spiro atoms. The number of imide groups is 1. The van der Waals surface area contributed by atoms with Crippen molar-refractivity contribution < 1.29 is 9.59 Å². The van der Waals surface area contributed by atoms with E-state index in [0.29, 0.717) is 6.54 Å². The van der Waals surface area contributed by atoms with Crippen molar-refractivity contribution >= 4 is 23.3 Å². The number of amides is 3. The number of thiophene rings is 1. The van der Waals surface area contributed by atoms with Crippen LogP contribution in [0, 0.1) is 0 Å². The van der Waals surface area contributed by atoms with Gasteiger partial charge in [-0.05, 0) is 18.4 Å². The molecular formula is C9H10N2O2S. The molecule has 1 aromatic rings. The fraction of sp³-hybridized carbons (Fsp3) is 0.333. The van der Waals surface area contributed by atoms with Crippen molar-refractivity contribution in [2.45, 2.75) is 13.0 Å². The molecule has 74 valence electrons. The molecule has 0 radical (unpaired) electrons. The normalized spacial score (nSPS) is 21.5. The molecule has 1 aliphatic rings. The van der Waals surface area contributed by atoms with Crippen LogP contribution in [0.4, 0.5) is 4.79 Å². The summed E-state index contributed by atoms with van der Waals surface area (Å²) in [5.74, 6) is -0.153. The van der Waals surface area contributed by atoms with E-state index in [1.165, 1.54) is 16.2 Å². The first kappa shape index (κ1) is 9.21. The Labute approximate surface area is 85.5 Å². The minimum absolute atomic E-state index is 0.153. The number of hydrogen-bond donors (Lipinski definition) is 1. The van der Waals surface area contributed by atoms with Gasteiger partial charge in [0.15, 0.2) is 0 Å². The van der Waals surface area contributed by atoms with Crippen LogP contribution in [0.25, 0.3) is 0 Å². The zero-order valence-corrected chi connectivity index (χ0v) is 8.50. The Balaban J connectivity index is 2.25. The molecule has 1 aromatic heterocycles. The monoisotopic (exact) mass is 210 g/mol. The summed E-state index contributed by atoms with van der Waals surface area (Å²) in [6.45, 7) is 2.21. The van der Waals surface area contributed by atoms with Crippen LogP contribution in [0.15, 0.2) is 17.5 Å². The fourth-order valence-electron chi connectivity index (χ4n) is 1.47. The molecular weight excluding hydrogens is 200 g/mol. The van der Waals surface area contributed by atoms with Gasteiger partial charge >= 0.3 is 6.03 Å². The summed E-state index contributed by atoms with van der Waals surface area (Å²) in [7, 11) is 0. The van der Waals surface area contributed by atoms with Crippen LogP contribution < -0.4 is 5.32 Å². The van der Waals surface area contributed by atoms with E-state index in [1.54, 1.807) is 6.92 Å². The van der Waals surface area contributed by atoms with E-state index in [1.807, 2.05) is 17.5 Å². The minimum atomic E-state index is -0.470. The number of urea groups is 1. The molecule has 1 aliphatic heterocycles. The molecule has 4 nitrogen and oxygen atoms in total. The molecule has 1 unspecified atom stereocenters. The molecule has 1 saturated heterocycles. The molecule has 5 heteroatoms. The predicted octanol–water partition coefficient (Wildman–Crippen LogP) is 1.36. The Kier molecular flexibility index (Phi) is 2.25. The van der Waals surface area contributed by atoms with Crippen molar-refractivity contribution in [3.8, 4) is 0 Å². The Bertz CT molecular complexity index is 361. The van der Waals surface area contributed by atoms with Gasteiger partial charge < -0.3 is 5.32 Å². The Morgan fingerprint density at radius 3 is 2.86 bits per heavy atom. The number of rotatable bonds is 2. The number of hydrogen-bond acceptors (Lipinski definition) is 3. The van der Waals surface area contributed by atoms with Crippen LogP contribution in [0.3, 0.4) is 0 Å². The molecule has 0 bridgehead atoms. The van der Waals surface area contributed by atoms with Crippen LogP contribution >= 0.6 is 11.3 Å². The third-order valence-corrected chi connectivity index (χ3v) is 3.11. The Morgan fingerprint density at radius 1 is 1.57 bits per heavy atom. The van der Waals surface area contributed by atoms with E-state index in [-0.39, 0.29) is 11.9 Å². The topological polar surface area (TPSA) is 49.4 Å². The van der Waals surface area contributed by atoms with E-state index in [9.17, 15) is 9.59 Å². The lowest BCUT2D eigenvalue weighted by atomic mass is 10.2. The van der Waals surface area contributed by atoms with Gasteiger partial charge in [0, 0.05) is 11.4 Å². The number of nitrogens with one attached hydrogen (secondary N) is 1. The highest BCUT2D eigenvalue weighted by Gasteiger charge is 2.38.